The molecule has 0 aliphatic rings. The van der Waals surface area contributed by atoms with Crippen LogP contribution in [0.2, 0.25) is 0 Å². The molecule has 0 bridgehead atoms. The summed E-state index contributed by atoms with van der Waals surface area (Å²) < 4.78 is 5.71. The summed E-state index contributed by atoms with van der Waals surface area (Å²) in [6, 6.07) is 4.08. The van der Waals surface area contributed by atoms with E-state index in [4.69, 9.17) is 10.2 Å². The largest absolute Gasteiger partial charge is 0.464 e. The van der Waals surface area contributed by atoms with Crippen LogP contribution in [0, 0.1) is 0 Å². The molecule has 0 radical (unpaired) electrons. The standard InChI is InChI=1S/C12H22N4OS/c1-14-12(13)15-6-7-18-9-11-5-4-10(17-11)8-16(2)3/h4-5H,6-9H2,1-3H3,(H3,13,14,15). The Morgan fingerprint density at radius 3 is 2.83 bits per heavy atom. The second-order valence-corrected chi connectivity index (χ2v) is 5.30. The molecule has 18 heavy (non-hydrogen) atoms. The zero-order valence-electron chi connectivity index (χ0n) is 11.3. The molecule has 0 spiro atoms. The highest BCUT2D eigenvalue weighted by Gasteiger charge is 2.03. The molecule has 0 aromatic carbocycles. The molecule has 102 valence electrons. The number of furan rings is 1. The summed E-state index contributed by atoms with van der Waals surface area (Å²) in [6.07, 6.45) is 0. The van der Waals surface area contributed by atoms with Crippen molar-refractivity contribution in [3.8, 4) is 0 Å². The molecule has 0 saturated carbocycles. The van der Waals surface area contributed by atoms with Crippen LogP contribution < -0.4 is 11.1 Å². The maximum Gasteiger partial charge on any atom is 0.188 e. The summed E-state index contributed by atoms with van der Waals surface area (Å²) in [6.45, 7) is 1.66. The van der Waals surface area contributed by atoms with E-state index in [1.165, 1.54) is 0 Å². The smallest absolute Gasteiger partial charge is 0.188 e. The first kappa shape index (κ1) is 14.9. The molecule has 1 aromatic rings. The topological polar surface area (TPSA) is 66.8 Å². The summed E-state index contributed by atoms with van der Waals surface area (Å²) in [4.78, 5) is 5.92. The Bertz CT molecular complexity index is 376. The zero-order chi connectivity index (χ0) is 13.4. The van der Waals surface area contributed by atoms with E-state index < -0.39 is 0 Å². The average Bonchev–Trinajstić information content (AvgIpc) is 2.75. The number of thioether (sulfide) groups is 1. The third-order valence-electron chi connectivity index (χ3n) is 2.23. The number of rotatable bonds is 7. The van der Waals surface area contributed by atoms with Crippen molar-refractivity contribution >= 4 is 17.7 Å². The quantitative estimate of drug-likeness (QED) is 0.441. The van der Waals surface area contributed by atoms with Gasteiger partial charge in [-0.3, -0.25) is 4.99 Å². The molecule has 0 fully saturated rings. The van der Waals surface area contributed by atoms with Gasteiger partial charge in [0.05, 0.1) is 12.3 Å². The summed E-state index contributed by atoms with van der Waals surface area (Å²) in [5.41, 5.74) is 5.52. The minimum atomic E-state index is 0.488. The minimum absolute atomic E-state index is 0.488. The van der Waals surface area contributed by atoms with E-state index in [1.807, 2.05) is 38.0 Å². The lowest BCUT2D eigenvalue weighted by Crippen LogP contribution is -2.32. The SMILES string of the molecule is CN=C(N)NCCSCc1ccc(CN(C)C)o1. The number of hydrogen-bond donors (Lipinski definition) is 2. The molecule has 0 aliphatic heterocycles. The van der Waals surface area contributed by atoms with Gasteiger partial charge in [0.2, 0.25) is 0 Å². The Morgan fingerprint density at radius 1 is 1.44 bits per heavy atom. The fourth-order valence-corrected chi connectivity index (χ4v) is 2.15. The van der Waals surface area contributed by atoms with Gasteiger partial charge >= 0.3 is 0 Å². The Hall–Kier alpha value is -1.14. The van der Waals surface area contributed by atoms with Crippen molar-refractivity contribution in [2.24, 2.45) is 10.7 Å². The van der Waals surface area contributed by atoms with Crippen molar-refractivity contribution in [3.05, 3.63) is 23.7 Å². The van der Waals surface area contributed by atoms with E-state index in [0.29, 0.717) is 5.96 Å². The fourth-order valence-electron chi connectivity index (χ4n) is 1.40. The van der Waals surface area contributed by atoms with Gasteiger partial charge in [0.1, 0.15) is 11.5 Å². The Kier molecular flexibility index (Phi) is 6.67. The Morgan fingerprint density at radius 2 is 2.17 bits per heavy atom. The Labute approximate surface area is 113 Å². The fraction of sp³-hybridized carbons (Fsp3) is 0.583. The van der Waals surface area contributed by atoms with Crippen molar-refractivity contribution in [1.82, 2.24) is 10.2 Å². The number of aliphatic imine (C=N–C) groups is 1. The van der Waals surface area contributed by atoms with Crippen LogP contribution in [0.25, 0.3) is 0 Å². The van der Waals surface area contributed by atoms with E-state index in [2.05, 4.69) is 15.2 Å². The molecule has 0 unspecified atom stereocenters. The predicted molar refractivity (Wildman–Crippen MR) is 77.8 cm³/mol. The van der Waals surface area contributed by atoms with Crippen LogP contribution >= 0.6 is 11.8 Å². The van der Waals surface area contributed by atoms with E-state index in [9.17, 15) is 0 Å². The van der Waals surface area contributed by atoms with Gasteiger partial charge in [0.15, 0.2) is 5.96 Å². The van der Waals surface area contributed by atoms with Crippen LogP contribution in [0.15, 0.2) is 21.5 Å². The van der Waals surface area contributed by atoms with Crippen LogP contribution in [0.4, 0.5) is 0 Å². The van der Waals surface area contributed by atoms with E-state index >= 15 is 0 Å². The summed E-state index contributed by atoms with van der Waals surface area (Å²) >= 11 is 1.81. The van der Waals surface area contributed by atoms with Gasteiger partial charge in [-0.1, -0.05) is 0 Å². The first-order valence-electron chi connectivity index (χ1n) is 5.88. The van der Waals surface area contributed by atoms with Crippen LogP contribution in [0.3, 0.4) is 0 Å². The lowest BCUT2D eigenvalue weighted by atomic mass is 10.4. The number of nitrogens with two attached hydrogens (primary N) is 1. The zero-order valence-corrected chi connectivity index (χ0v) is 12.1. The summed E-state index contributed by atoms with van der Waals surface area (Å²) in [7, 11) is 5.73. The number of nitrogens with one attached hydrogen (secondary N) is 1. The van der Waals surface area contributed by atoms with Gasteiger partial charge in [-0.05, 0) is 26.2 Å². The Balaban J connectivity index is 2.17. The monoisotopic (exact) mass is 270 g/mol. The molecule has 1 aromatic heterocycles. The number of guanidine groups is 1. The normalized spacial score (nSPS) is 12.1. The molecular formula is C12H22N4OS. The minimum Gasteiger partial charge on any atom is -0.464 e. The van der Waals surface area contributed by atoms with E-state index in [0.717, 1.165) is 36.1 Å². The first-order chi connectivity index (χ1) is 8.61. The molecule has 0 amide bonds. The highest BCUT2D eigenvalue weighted by atomic mass is 32.2. The van der Waals surface area contributed by atoms with Gasteiger partial charge in [-0.25, -0.2) is 0 Å². The lowest BCUT2D eigenvalue weighted by Gasteiger charge is -2.06. The van der Waals surface area contributed by atoms with Crippen LogP contribution in [0.5, 0.6) is 0 Å². The van der Waals surface area contributed by atoms with Crippen molar-refractivity contribution in [2.45, 2.75) is 12.3 Å². The molecule has 1 heterocycles. The molecule has 6 heteroatoms. The van der Waals surface area contributed by atoms with Gasteiger partial charge in [0, 0.05) is 19.3 Å². The van der Waals surface area contributed by atoms with Crippen LogP contribution in [-0.2, 0) is 12.3 Å². The maximum absolute atomic E-state index is 5.71. The van der Waals surface area contributed by atoms with Crippen LogP contribution in [0.1, 0.15) is 11.5 Å². The number of nitrogens with zero attached hydrogens (tertiary/aromatic N) is 2. The summed E-state index contributed by atoms with van der Waals surface area (Å²) in [5.74, 6) is 4.38. The lowest BCUT2D eigenvalue weighted by molar-refractivity contribution is 0.344. The van der Waals surface area contributed by atoms with Crippen molar-refractivity contribution < 1.29 is 4.42 Å². The van der Waals surface area contributed by atoms with Crippen molar-refractivity contribution in [2.75, 3.05) is 33.4 Å². The van der Waals surface area contributed by atoms with Gasteiger partial charge in [0.25, 0.3) is 0 Å². The first-order valence-corrected chi connectivity index (χ1v) is 7.03. The van der Waals surface area contributed by atoms with Crippen molar-refractivity contribution in [3.63, 3.8) is 0 Å². The molecule has 1 rings (SSSR count). The van der Waals surface area contributed by atoms with Gasteiger partial charge < -0.3 is 20.4 Å². The third-order valence-corrected chi connectivity index (χ3v) is 3.21. The van der Waals surface area contributed by atoms with Crippen molar-refractivity contribution in [1.29, 1.82) is 0 Å². The average molecular weight is 270 g/mol. The highest BCUT2D eigenvalue weighted by Crippen LogP contribution is 2.15. The third kappa shape index (κ3) is 5.97. The van der Waals surface area contributed by atoms with Gasteiger partial charge in [-0.15, -0.1) is 0 Å². The second kappa shape index (κ2) is 8.05. The van der Waals surface area contributed by atoms with E-state index in [1.54, 1.807) is 7.05 Å². The molecule has 5 nitrogen and oxygen atoms in total. The predicted octanol–water partition coefficient (Wildman–Crippen LogP) is 1.11. The molecule has 0 atom stereocenters. The molecule has 0 aliphatic carbocycles. The highest BCUT2D eigenvalue weighted by molar-refractivity contribution is 7.98. The molecule has 3 N–H and O–H groups in total. The summed E-state index contributed by atoms with van der Waals surface area (Å²) in [5, 5.41) is 3.02. The van der Waals surface area contributed by atoms with Crippen LogP contribution in [-0.4, -0.2) is 44.3 Å². The van der Waals surface area contributed by atoms with E-state index in [-0.39, 0.29) is 0 Å². The van der Waals surface area contributed by atoms with Gasteiger partial charge in [-0.2, -0.15) is 11.8 Å². The maximum atomic E-state index is 5.71. The molecular weight excluding hydrogens is 248 g/mol. The number of hydrogen-bond acceptors (Lipinski definition) is 4. The second-order valence-electron chi connectivity index (χ2n) is 4.19. The molecule has 0 saturated heterocycles.